The van der Waals surface area contributed by atoms with Gasteiger partial charge in [-0.3, -0.25) is 4.98 Å². The van der Waals surface area contributed by atoms with Gasteiger partial charge in [-0.15, -0.1) is 0 Å². The molecule has 21 heavy (non-hydrogen) atoms. The molecule has 0 bridgehead atoms. The first kappa shape index (κ1) is 13.9. The minimum absolute atomic E-state index is 0.310. The number of benzene rings is 1. The summed E-state index contributed by atoms with van der Waals surface area (Å²) in [5.74, 6) is 1.37. The van der Waals surface area contributed by atoms with E-state index < -0.39 is 0 Å². The van der Waals surface area contributed by atoms with Crippen molar-refractivity contribution in [2.24, 2.45) is 0 Å². The normalized spacial score (nSPS) is 10.6. The standard InChI is InChI=1S/C14H9Cl2N3O2/c1-20-9-4-2-3-8(5-9)14-18-13(19-21-14)12-10(15)6-17-7-11(12)16/h2-7H,1H3. The molecule has 1 aromatic carbocycles. The highest BCUT2D eigenvalue weighted by atomic mass is 35.5. The first-order valence-electron chi connectivity index (χ1n) is 5.96. The summed E-state index contributed by atoms with van der Waals surface area (Å²) in [5, 5.41) is 4.64. The number of aromatic nitrogens is 3. The van der Waals surface area contributed by atoms with Gasteiger partial charge in [0.1, 0.15) is 5.75 Å². The topological polar surface area (TPSA) is 61.0 Å². The van der Waals surface area contributed by atoms with E-state index in [-0.39, 0.29) is 0 Å². The summed E-state index contributed by atoms with van der Waals surface area (Å²) in [6, 6.07) is 7.31. The Labute approximate surface area is 130 Å². The lowest BCUT2D eigenvalue weighted by Crippen LogP contribution is -1.87. The monoisotopic (exact) mass is 321 g/mol. The molecule has 0 N–H and O–H groups in total. The van der Waals surface area contributed by atoms with Crippen molar-refractivity contribution in [3.63, 3.8) is 0 Å². The number of nitrogens with zero attached hydrogens (tertiary/aromatic N) is 3. The zero-order valence-electron chi connectivity index (χ0n) is 10.9. The highest BCUT2D eigenvalue weighted by Gasteiger charge is 2.16. The van der Waals surface area contributed by atoms with Gasteiger partial charge in [0.25, 0.3) is 5.89 Å². The summed E-state index contributed by atoms with van der Waals surface area (Å²) in [6.07, 6.45) is 2.95. The third-order valence-corrected chi connectivity index (χ3v) is 3.39. The zero-order valence-corrected chi connectivity index (χ0v) is 12.4. The Morgan fingerprint density at radius 1 is 1.14 bits per heavy atom. The van der Waals surface area contributed by atoms with Crippen LogP contribution in [-0.2, 0) is 0 Å². The molecular formula is C14H9Cl2N3O2. The van der Waals surface area contributed by atoms with Crippen molar-refractivity contribution in [1.29, 1.82) is 0 Å². The van der Waals surface area contributed by atoms with Crippen LogP contribution in [0.15, 0.2) is 41.2 Å². The van der Waals surface area contributed by atoms with Crippen LogP contribution in [0.5, 0.6) is 5.75 Å². The van der Waals surface area contributed by atoms with Gasteiger partial charge in [-0.1, -0.05) is 34.4 Å². The minimum Gasteiger partial charge on any atom is -0.497 e. The lowest BCUT2D eigenvalue weighted by Gasteiger charge is -2.00. The van der Waals surface area contributed by atoms with Crippen molar-refractivity contribution in [1.82, 2.24) is 15.1 Å². The highest BCUT2D eigenvalue weighted by molar-refractivity contribution is 6.38. The van der Waals surface area contributed by atoms with Crippen molar-refractivity contribution in [2.45, 2.75) is 0 Å². The van der Waals surface area contributed by atoms with E-state index in [1.54, 1.807) is 13.2 Å². The Balaban J connectivity index is 2.04. The minimum atomic E-state index is 0.310. The number of pyridine rings is 1. The Kier molecular flexibility index (Phi) is 3.77. The fourth-order valence-corrected chi connectivity index (χ4v) is 2.36. The second kappa shape index (κ2) is 5.71. The predicted molar refractivity (Wildman–Crippen MR) is 79.5 cm³/mol. The summed E-state index contributed by atoms with van der Waals surface area (Å²) in [4.78, 5) is 8.21. The molecule has 0 saturated carbocycles. The number of hydrogen-bond donors (Lipinski definition) is 0. The second-order valence-corrected chi connectivity index (χ2v) is 4.95. The molecule has 0 aliphatic carbocycles. The molecular weight excluding hydrogens is 313 g/mol. The van der Waals surface area contributed by atoms with E-state index in [0.717, 1.165) is 5.56 Å². The van der Waals surface area contributed by atoms with Crippen LogP contribution in [0.25, 0.3) is 22.8 Å². The Morgan fingerprint density at radius 2 is 1.90 bits per heavy atom. The quantitative estimate of drug-likeness (QED) is 0.726. The second-order valence-electron chi connectivity index (χ2n) is 4.13. The predicted octanol–water partition coefficient (Wildman–Crippen LogP) is 4.11. The van der Waals surface area contributed by atoms with Crippen LogP contribution in [0.2, 0.25) is 10.0 Å². The van der Waals surface area contributed by atoms with E-state index in [4.69, 9.17) is 32.5 Å². The summed E-state index contributed by atoms with van der Waals surface area (Å²) in [6.45, 7) is 0. The van der Waals surface area contributed by atoms with Crippen LogP contribution in [0.1, 0.15) is 0 Å². The largest absolute Gasteiger partial charge is 0.497 e. The Bertz CT molecular complexity index is 769. The molecule has 0 aliphatic rings. The number of halogens is 2. The molecule has 106 valence electrons. The molecule has 0 amide bonds. The molecule has 3 rings (SSSR count). The summed E-state index contributed by atoms with van der Waals surface area (Å²) in [7, 11) is 1.59. The molecule has 0 fully saturated rings. The van der Waals surface area contributed by atoms with Crippen molar-refractivity contribution >= 4 is 23.2 Å². The lowest BCUT2D eigenvalue weighted by molar-refractivity contribution is 0.413. The van der Waals surface area contributed by atoms with Crippen LogP contribution >= 0.6 is 23.2 Å². The van der Waals surface area contributed by atoms with E-state index >= 15 is 0 Å². The Morgan fingerprint density at radius 3 is 2.62 bits per heavy atom. The summed E-state index contributed by atoms with van der Waals surface area (Å²) in [5.41, 5.74) is 1.24. The van der Waals surface area contributed by atoms with E-state index in [0.29, 0.717) is 33.1 Å². The van der Waals surface area contributed by atoms with Crippen LogP contribution in [0.4, 0.5) is 0 Å². The lowest BCUT2D eigenvalue weighted by atomic mass is 10.2. The smallest absolute Gasteiger partial charge is 0.258 e. The van der Waals surface area contributed by atoms with Gasteiger partial charge in [-0.25, -0.2) is 0 Å². The Hall–Kier alpha value is -2.11. The maximum Gasteiger partial charge on any atom is 0.258 e. The van der Waals surface area contributed by atoms with E-state index in [1.165, 1.54) is 12.4 Å². The SMILES string of the molecule is COc1cccc(-c2nc(-c3c(Cl)cncc3Cl)no2)c1. The average Bonchev–Trinajstić information content (AvgIpc) is 2.97. The van der Waals surface area contributed by atoms with Gasteiger partial charge in [0.15, 0.2) is 0 Å². The molecule has 0 aliphatic heterocycles. The van der Waals surface area contributed by atoms with Crippen molar-refractivity contribution < 1.29 is 9.26 Å². The molecule has 0 spiro atoms. The fraction of sp³-hybridized carbons (Fsp3) is 0.0714. The average molecular weight is 322 g/mol. The maximum absolute atomic E-state index is 6.08. The first-order valence-corrected chi connectivity index (χ1v) is 6.72. The summed E-state index contributed by atoms with van der Waals surface area (Å²) < 4.78 is 10.4. The van der Waals surface area contributed by atoms with Gasteiger partial charge in [-0.05, 0) is 18.2 Å². The molecule has 0 atom stereocenters. The summed E-state index contributed by atoms with van der Waals surface area (Å²) >= 11 is 12.2. The molecule has 0 radical (unpaired) electrons. The molecule has 0 saturated heterocycles. The third-order valence-electron chi connectivity index (χ3n) is 2.82. The number of methoxy groups -OCH3 is 1. The van der Waals surface area contributed by atoms with E-state index in [9.17, 15) is 0 Å². The number of ether oxygens (including phenoxy) is 1. The van der Waals surface area contributed by atoms with Crippen molar-refractivity contribution in [3.8, 4) is 28.6 Å². The van der Waals surface area contributed by atoms with Gasteiger partial charge < -0.3 is 9.26 Å². The van der Waals surface area contributed by atoms with Crippen molar-refractivity contribution in [2.75, 3.05) is 7.11 Å². The van der Waals surface area contributed by atoms with Crippen LogP contribution in [0, 0.1) is 0 Å². The first-order chi connectivity index (χ1) is 10.2. The van der Waals surface area contributed by atoms with E-state index in [1.807, 2.05) is 18.2 Å². The van der Waals surface area contributed by atoms with Crippen LogP contribution in [0.3, 0.4) is 0 Å². The molecule has 7 heteroatoms. The maximum atomic E-state index is 6.08. The van der Waals surface area contributed by atoms with Gasteiger partial charge in [0.05, 0.1) is 22.7 Å². The number of hydrogen-bond acceptors (Lipinski definition) is 5. The number of rotatable bonds is 3. The zero-order chi connectivity index (χ0) is 14.8. The van der Waals surface area contributed by atoms with Gasteiger partial charge >= 0.3 is 0 Å². The van der Waals surface area contributed by atoms with Crippen LogP contribution < -0.4 is 4.74 Å². The molecule has 5 nitrogen and oxygen atoms in total. The van der Waals surface area contributed by atoms with E-state index in [2.05, 4.69) is 15.1 Å². The van der Waals surface area contributed by atoms with Crippen LogP contribution in [-0.4, -0.2) is 22.2 Å². The molecule has 2 heterocycles. The molecule has 0 unspecified atom stereocenters. The van der Waals surface area contributed by atoms with Crippen molar-refractivity contribution in [3.05, 3.63) is 46.7 Å². The fourth-order valence-electron chi connectivity index (χ4n) is 1.82. The van der Waals surface area contributed by atoms with Gasteiger partial charge in [0, 0.05) is 18.0 Å². The molecule has 3 aromatic rings. The molecule has 2 aromatic heterocycles. The third kappa shape index (κ3) is 2.70. The van der Waals surface area contributed by atoms with Gasteiger partial charge in [-0.2, -0.15) is 4.98 Å². The van der Waals surface area contributed by atoms with Gasteiger partial charge in [0.2, 0.25) is 5.82 Å². The highest BCUT2D eigenvalue weighted by Crippen LogP contribution is 2.33.